The topological polar surface area (TPSA) is 46.5 Å². The molecular weight excluding hydrogens is 372 g/mol. The summed E-state index contributed by atoms with van der Waals surface area (Å²) in [6.45, 7) is 2.16. The van der Waals surface area contributed by atoms with Gasteiger partial charge in [-0.1, -0.05) is 95.5 Å². The molecule has 3 heteroatoms. The highest BCUT2D eigenvalue weighted by Crippen LogP contribution is 2.27. The predicted octanol–water partition coefficient (Wildman–Crippen LogP) is 6.34. The van der Waals surface area contributed by atoms with Gasteiger partial charge in [0.2, 0.25) is 0 Å². The Labute approximate surface area is 185 Å². The van der Waals surface area contributed by atoms with Gasteiger partial charge in [0.15, 0.2) is 0 Å². The molecule has 0 aromatic rings. The number of ether oxygens (including phenoxy) is 1. The number of carbonyl (C=O) groups is 1. The normalized spacial score (nSPS) is 18.0. The number of unbranched alkanes of at least 4 members (excludes halogenated alkanes) is 12. The second kappa shape index (κ2) is 19.3. The van der Waals surface area contributed by atoms with Crippen LogP contribution in [0.5, 0.6) is 0 Å². The first kappa shape index (κ1) is 26.3. The van der Waals surface area contributed by atoms with Crippen molar-refractivity contribution in [1.29, 1.82) is 0 Å². The molecule has 1 N–H and O–H groups in total. The number of esters is 1. The summed E-state index contributed by atoms with van der Waals surface area (Å²) < 4.78 is 5.11. The fourth-order valence-electron chi connectivity index (χ4n) is 3.82. The molecule has 0 bridgehead atoms. The summed E-state index contributed by atoms with van der Waals surface area (Å²) in [5, 5.41) is 9.23. The molecule has 2 unspecified atom stereocenters. The largest absolute Gasteiger partial charge is 0.460 e. The van der Waals surface area contributed by atoms with Gasteiger partial charge in [0.1, 0.15) is 6.10 Å². The van der Waals surface area contributed by atoms with Crippen molar-refractivity contribution in [1.82, 2.24) is 0 Å². The molecule has 0 aromatic heterocycles. The zero-order chi connectivity index (χ0) is 21.7. The molecule has 0 aromatic carbocycles. The smallest absolute Gasteiger partial charge is 0.306 e. The third-order valence-electron chi connectivity index (χ3n) is 5.69. The van der Waals surface area contributed by atoms with Crippen molar-refractivity contribution in [3.05, 3.63) is 12.2 Å². The van der Waals surface area contributed by atoms with E-state index >= 15 is 0 Å². The molecule has 0 radical (unpaired) electrons. The van der Waals surface area contributed by atoms with Gasteiger partial charge in [-0.15, -0.1) is 0 Å². The number of rotatable bonds is 16. The molecule has 0 saturated carbocycles. The molecule has 0 aliphatic carbocycles. The van der Waals surface area contributed by atoms with Crippen LogP contribution in [0.4, 0.5) is 0 Å². The molecule has 3 nitrogen and oxygen atoms in total. The third-order valence-corrected chi connectivity index (χ3v) is 5.69. The van der Waals surface area contributed by atoms with Gasteiger partial charge < -0.3 is 9.84 Å². The Bertz CT molecular complexity index is 585. The van der Waals surface area contributed by atoms with Gasteiger partial charge in [0.05, 0.1) is 13.0 Å². The van der Waals surface area contributed by atoms with Crippen molar-refractivity contribution >= 4 is 5.97 Å². The van der Waals surface area contributed by atoms with E-state index in [2.05, 4.69) is 36.7 Å². The molecule has 30 heavy (non-hydrogen) atoms. The van der Waals surface area contributed by atoms with Crippen molar-refractivity contribution in [2.75, 3.05) is 6.61 Å². The first-order valence-electron chi connectivity index (χ1n) is 12.2. The lowest BCUT2D eigenvalue weighted by atomic mass is 9.94. The van der Waals surface area contributed by atoms with E-state index in [9.17, 15) is 9.90 Å². The molecule has 168 valence electrons. The minimum atomic E-state index is -0.256. The first-order chi connectivity index (χ1) is 14.8. The van der Waals surface area contributed by atoms with Crippen molar-refractivity contribution in [2.24, 2.45) is 5.92 Å². The van der Waals surface area contributed by atoms with E-state index in [0.29, 0.717) is 6.42 Å². The lowest BCUT2D eigenvalue weighted by molar-refractivity contribution is -0.142. The maximum Gasteiger partial charge on any atom is 0.306 e. The molecule has 1 saturated heterocycles. The number of allylic oxidation sites excluding steroid dienone is 2. The zero-order valence-electron chi connectivity index (χ0n) is 19.1. The van der Waals surface area contributed by atoms with E-state index in [1.165, 1.54) is 70.6 Å². The van der Waals surface area contributed by atoms with Crippen molar-refractivity contribution in [2.45, 2.75) is 116 Å². The van der Waals surface area contributed by atoms with Gasteiger partial charge in [-0.2, -0.15) is 0 Å². The van der Waals surface area contributed by atoms with E-state index in [4.69, 9.17) is 4.74 Å². The molecule has 0 amide bonds. The number of aliphatic hydroxyl groups is 1. The highest BCUT2D eigenvalue weighted by Gasteiger charge is 2.33. The SMILES string of the molecule is CCCCC=CC#CC#CCCCCCCCCCCCCC1CC(=O)OC1CO. The molecule has 1 aliphatic heterocycles. The number of cyclic esters (lactones) is 1. The molecule has 1 heterocycles. The summed E-state index contributed by atoms with van der Waals surface area (Å²) in [7, 11) is 0. The Morgan fingerprint density at radius 1 is 0.967 bits per heavy atom. The standard InChI is InChI=1S/C27H42O3/c1-2-3-4-5-6-7-8-9-10-11-12-13-14-15-16-17-18-19-20-21-22-25-23-27(29)30-26(25)24-28/h5-6,25-26,28H,2-4,11-24H2,1H3. The van der Waals surface area contributed by atoms with Crippen LogP contribution in [0.15, 0.2) is 12.2 Å². The number of carbonyl (C=O) groups excluding carboxylic acids is 1. The zero-order valence-corrected chi connectivity index (χ0v) is 19.1. The molecule has 0 spiro atoms. The second-order valence-electron chi connectivity index (χ2n) is 8.37. The van der Waals surface area contributed by atoms with Crippen LogP contribution in [0.1, 0.15) is 110 Å². The fourth-order valence-corrected chi connectivity index (χ4v) is 3.82. The van der Waals surface area contributed by atoms with E-state index < -0.39 is 0 Å². The van der Waals surface area contributed by atoms with Crippen LogP contribution >= 0.6 is 0 Å². The Kier molecular flexibility index (Phi) is 16.9. The van der Waals surface area contributed by atoms with Gasteiger partial charge in [-0.05, 0) is 37.2 Å². The Balaban J connectivity index is 1.83. The van der Waals surface area contributed by atoms with Crippen LogP contribution in [0.2, 0.25) is 0 Å². The summed E-state index contributed by atoms with van der Waals surface area (Å²) in [5.41, 5.74) is 0. The maximum atomic E-state index is 11.3. The van der Waals surface area contributed by atoms with Crippen molar-refractivity contribution in [3.8, 4) is 23.7 Å². The summed E-state index contributed by atoms with van der Waals surface area (Å²) in [5.74, 6) is 12.0. The van der Waals surface area contributed by atoms with Crippen molar-refractivity contribution in [3.63, 3.8) is 0 Å². The van der Waals surface area contributed by atoms with E-state index in [1.807, 2.05) is 6.08 Å². The molecule has 2 atom stereocenters. The predicted molar refractivity (Wildman–Crippen MR) is 125 cm³/mol. The molecule has 1 aliphatic rings. The number of hydrogen-bond donors (Lipinski definition) is 1. The summed E-state index contributed by atoms with van der Waals surface area (Å²) >= 11 is 0. The molecule has 1 rings (SSSR count). The van der Waals surface area contributed by atoms with Crippen LogP contribution in [-0.2, 0) is 9.53 Å². The minimum Gasteiger partial charge on any atom is -0.460 e. The number of hydrogen-bond acceptors (Lipinski definition) is 3. The average Bonchev–Trinajstić information content (AvgIpc) is 3.11. The summed E-state index contributed by atoms with van der Waals surface area (Å²) in [4.78, 5) is 11.3. The lowest BCUT2D eigenvalue weighted by Gasteiger charge is -2.14. The lowest BCUT2D eigenvalue weighted by Crippen LogP contribution is -2.20. The fraction of sp³-hybridized carbons (Fsp3) is 0.741. The van der Waals surface area contributed by atoms with E-state index in [1.54, 1.807) is 0 Å². The second-order valence-corrected chi connectivity index (χ2v) is 8.37. The van der Waals surface area contributed by atoms with Gasteiger partial charge in [-0.25, -0.2) is 0 Å². The Morgan fingerprint density at radius 3 is 2.30 bits per heavy atom. The van der Waals surface area contributed by atoms with E-state index in [-0.39, 0.29) is 24.6 Å². The van der Waals surface area contributed by atoms with Crippen LogP contribution < -0.4 is 0 Å². The quantitative estimate of drug-likeness (QED) is 0.182. The average molecular weight is 415 g/mol. The number of aliphatic hydroxyl groups excluding tert-OH is 1. The van der Waals surface area contributed by atoms with Gasteiger partial charge in [-0.3, -0.25) is 4.79 Å². The van der Waals surface area contributed by atoms with Gasteiger partial charge in [0.25, 0.3) is 0 Å². The monoisotopic (exact) mass is 414 g/mol. The van der Waals surface area contributed by atoms with Crippen LogP contribution in [0, 0.1) is 29.6 Å². The minimum absolute atomic E-state index is 0.0339. The Hall–Kier alpha value is -1.71. The van der Waals surface area contributed by atoms with Gasteiger partial charge in [0, 0.05) is 12.3 Å². The highest BCUT2D eigenvalue weighted by atomic mass is 16.6. The van der Waals surface area contributed by atoms with Crippen LogP contribution in [0.3, 0.4) is 0 Å². The summed E-state index contributed by atoms with van der Waals surface area (Å²) in [6.07, 6.45) is 22.5. The first-order valence-corrected chi connectivity index (χ1v) is 12.2. The molecular formula is C27H42O3. The van der Waals surface area contributed by atoms with Crippen molar-refractivity contribution < 1.29 is 14.6 Å². The summed E-state index contributed by atoms with van der Waals surface area (Å²) in [6, 6.07) is 0. The third kappa shape index (κ3) is 14.3. The van der Waals surface area contributed by atoms with Crippen LogP contribution in [-0.4, -0.2) is 23.8 Å². The van der Waals surface area contributed by atoms with Crippen LogP contribution in [0.25, 0.3) is 0 Å². The maximum absolute atomic E-state index is 11.3. The van der Waals surface area contributed by atoms with E-state index in [0.717, 1.165) is 25.7 Å². The highest BCUT2D eigenvalue weighted by molar-refractivity contribution is 5.72. The Morgan fingerprint density at radius 2 is 1.63 bits per heavy atom. The molecule has 1 fully saturated rings. The van der Waals surface area contributed by atoms with Gasteiger partial charge >= 0.3 is 5.97 Å².